The van der Waals surface area contributed by atoms with Crippen molar-refractivity contribution in [1.82, 2.24) is 0 Å². The highest BCUT2D eigenvalue weighted by Gasteiger charge is 2.50. The zero-order chi connectivity index (χ0) is 49.3. The molecule has 3 heterocycles. The van der Waals surface area contributed by atoms with E-state index in [-0.39, 0.29) is 47.3 Å². The molecule has 0 fully saturated rings. The molecule has 0 atom stereocenters. The highest BCUT2D eigenvalue weighted by Crippen LogP contribution is 2.47. The van der Waals surface area contributed by atoms with Crippen molar-refractivity contribution in [2.45, 2.75) is 52.4 Å². The minimum atomic E-state index is -2.91. The van der Waals surface area contributed by atoms with Crippen LogP contribution in [-0.4, -0.2) is 14.8 Å². The molecule has 0 spiro atoms. The molecule has 0 N–H and O–H groups in total. The molecule has 0 aliphatic carbocycles. The van der Waals surface area contributed by atoms with Gasteiger partial charge in [-0.25, -0.2) is 0 Å². The number of anilines is 6. The third-order valence-corrected chi connectivity index (χ3v) is 19.2. The van der Waals surface area contributed by atoms with Gasteiger partial charge < -0.3 is 9.80 Å². The van der Waals surface area contributed by atoms with Gasteiger partial charge in [0.05, 0.1) is 6.85 Å². The largest absolute Gasteiger partial charge is 0.311 e. The Balaban J connectivity index is 1.21. The second-order valence-electron chi connectivity index (χ2n) is 20.2. The van der Waals surface area contributed by atoms with Gasteiger partial charge in [-0.05, 0) is 130 Å². The summed E-state index contributed by atoms with van der Waals surface area (Å²) >= 11 is 0. The van der Waals surface area contributed by atoms with Gasteiger partial charge in [-0.1, -0.05) is 205 Å². The van der Waals surface area contributed by atoms with E-state index in [4.69, 9.17) is 4.11 Å². The summed E-state index contributed by atoms with van der Waals surface area (Å²) in [5.41, 5.74) is 14.6. The summed E-state index contributed by atoms with van der Waals surface area (Å²) in [5, 5.41) is 5.30. The van der Waals surface area contributed by atoms with E-state index in [1.54, 1.807) is 0 Å². The average molecular weight is 870 g/mol. The first-order valence-electron chi connectivity index (χ1n) is 25.6. The van der Waals surface area contributed by atoms with Gasteiger partial charge in [0.25, 0.3) is 6.71 Å². The molecular formula is C62H53BN2Si. The maximum Gasteiger partial charge on any atom is 0.252 e. The fourth-order valence-electron chi connectivity index (χ4n) is 11.2. The molecule has 3 aliphatic rings. The Labute approximate surface area is 399 Å². The average Bonchev–Trinajstić information content (AvgIpc) is 3.67. The van der Waals surface area contributed by atoms with Crippen molar-refractivity contribution in [3.05, 3.63) is 223 Å². The second kappa shape index (κ2) is 15.0. The highest BCUT2D eigenvalue weighted by molar-refractivity contribution is 7.22. The van der Waals surface area contributed by atoms with Crippen LogP contribution in [0.25, 0.3) is 22.3 Å². The third-order valence-electron chi connectivity index (χ3n) is 14.3. The van der Waals surface area contributed by atoms with Crippen LogP contribution in [0.3, 0.4) is 0 Å². The number of para-hydroxylation sites is 1. The molecule has 4 heteroatoms. The molecule has 0 saturated carbocycles. The lowest BCUT2D eigenvalue weighted by Gasteiger charge is -2.45. The zero-order valence-corrected chi connectivity index (χ0v) is 39.3. The van der Waals surface area contributed by atoms with Crippen LogP contribution in [0.5, 0.6) is 0 Å². The van der Waals surface area contributed by atoms with Gasteiger partial charge in [-0.15, -0.1) is 0 Å². The van der Waals surface area contributed by atoms with Crippen molar-refractivity contribution in [3.8, 4) is 22.3 Å². The van der Waals surface area contributed by atoms with Crippen LogP contribution < -0.4 is 46.9 Å². The van der Waals surface area contributed by atoms with Gasteiger partial charge in [0.2, 0.25) is 0 Å². The summed E-state index contributed by atoms with van der Waals surface area (Å²) in [6.07, 6.45) is 0. The smallest absolute Gasteiger partial charge is 0.252 e. The Morgan fingerprint density at radius 2 is 1.00 bits per heavy atom. The normalized spacial score (nSPS) is 15.3. The maximum absolute atomic E-state index is 9.41. The van der Waals surface area contributed by atoms with Gasteiger partial charge in [0.1, 0.15) is 0 Å². The lowest BCUT2D eigenvalue weighted by atomic mass is 9.33. The van der Waals surface area contributed by atoms with E-state index < -0.39 is 14.1 Å². The molecule has 9 aromatic rings. The standard InChI is InChI=1S/C62H53BN2Si/c1-61(2,3)44-23-20-24-46(39-44)65-55-40-45(62(4,5)6)33-36-53(55)63-52-30-17-18-31-54(52)64(56-37-43(38-57(65)60(56)63)42-21-10-7-11-22-42)47-34-35-51-50-29-16-19-32-58(50)66(59(51)41-47,48-25-12-8-13-26-48)49-27-14-9-15-28-49/h7-41H,1-6H3/i7D,10D,11D,21D,22D. The summed E-state index contributed by atoms with van der Waals surface area (Å²) in [6.45, 7) is 13.3. The Kier molecular flexibility index (Phi) is 7.97. The first-order chi connectivity index (χ1) is 34.1. The molecule has 0 amide bonds. The van der Waals surface area contributed by atoms with Gasteiger partial charge in [0, 0.05) is 34.1 Å². The number of benzene rings is 9. The van der Waals surface area contributed by atoms with Crippen LogP contribution in [-0.2, 0) is 10.8 Å². The minimum absolute atomic E-state index is 0.139. The van der Waals surface area contributed by atoms with Crippen molar-refractivity contribution in [2.75, 3.05) is 9.80 Å². The van der Waals surface area contributed by atoms with E-state index in [0.717, 1.165) is 39.6 Å². The van der Waals surface area contributed by atoms with Gasteiger partial charge >= 0.3 is 0 Å². The number of rotatable bonds is 5. The van der Waals surface area contributed by atoms with Gasteiger partial charge in [0.15, 0.2) is 8.07 Å². The predicted molar refractivity (Wildman–Crippen MR) is 286 cm³/mol. The van der Waals surface area contributed by atoms with Crippen molar-refractivity contribution in [2.24, 2.45) is 0 Å². The summed E-state index contributed by atoms with van der Waals surface area (Å²) in [4.78, 5) is 4.77. The van der Waals surface area contributed by atoms with Crippen LogP contribution in [0, 0.1) is 0 Å². The molecule has 0 radical (unpaired) electrons. The molecule has 12 rings (SSSR count). The number of hydrogen-bond donors (Lipinski definition) is 0. The molecular weight excluding hydrogens is 812 g/mol. The summed E-state index contributed by atoms with van der Waals surface area (Å²) < 4.78 is 45.2. The highest BCUT2D eigenvalue weighted by atomic mass is 28.3. The van der Waals surface area contributed by atoms with Crippen molar-refractivity contribution < 1.29 is 6.85 Å². The molecule has 318 valence electrons. The van der Waals surface area contributed by atoms with E-state index >= 15 is 0 Å². The Hall–Kier alpha value is -7.14. The van der Waals surface area contributed by atoms with Crippen LogP contribution >= 0.6 is 0 Å². The van der Waals surface area contributed by atoms with Crippen molar-refractivity contribution in [1.29, 1.82) is 0 Å². The van der Waals surface area contributed by atoms with Crippen molar-refractivity contribution >= 4 is 86.0 Å². The molecule has 3 aliphatic heterocycles. The third kappa shape index (κ3) is 6.08. The zero-order valence-electron chi connectivity index (χ0n) is 43.3. The molecule has 66 heavy (non-hydrogen) atoms. The van der Waals surface area contributed by atoms with E-state index in [1.165, 1.54) is 53.9 Å². The van der Waals surface area contributed by atoms with E-state index in [2.05, 4.69) is 233 Å². The van der Waals surface area contributed by atoms with Crippen LogP contribution in [0.15, 0.2) is 212 Å². The van der Waals surface area contributed by atoms with E-state index in [0.29, 0.717) is 5.56 Å². The Morgan fingerprint density at radius 1 is 0.424 bits per heavy atom. The van der Waals surface area contributed by atoms with E-state index in [1.807, 2.05) is 0 Å². The maximum atomic E-state index is 9.41. The Morgan fingerprint density at radius 3 is 1.70 bits per heavy atom. The molecule has 2 nitrogen and oxygen atoms in total. The van der Waals surface area contributed by atoms with E-state index in [9.17, 15) is 2.74 Å². The number of nitrogens with zero attached hydrogens (tertiary/aromatic N) is 2. The lowest BCUT2D eigenvalue weighted by molar-refractivity contribution is 0.590. The fraction of sp³-hybridized carbons (Fsp3) is 0.129. The quantitative estimate of drug-likeness (QED) is 0.159. The molecule has 0 unspecified atom stereocenters. The summed E-state index contributed by atoms with van der Waals surface area (Å²) in [7, 11) is -2.91. The lowest BCUT2D eigenvalue weighted by Crippen LogP contribution is -2.72. The number of hydrogen-bond acceptors (Lipinski definition) is 2. The number of fused-ring (bicyclic) bond motifs is 7. The fourth-order valence-corrected chi connectivity index (χ4v) is 16.4. The topological polar surface area (TPSA) is 6.48 Å². The van der Waals surface area contributed by atoms with Gasteiger partial charge in [-0.3, -0.25) is 0 Å². The first kappa shape index (κ1) is 35.2. The SMILES string of the molecule is [2H]c1c([2H])c([2H])c(-c2cc3c4c(c2)N(c2cccc(C(C)(C)C)c2)c2cc(C(C)(C)C)ccc2B4c2ccccc2N3c2ccc3c(c2)[Si](c2ccccc2)(c2ccccc2)c2ccccc2-3)c([2H])c1[2H]. The second-order valence-corrected chi connectivity index (χ2v) is 23.9. The van der Waals surface area contributed by atoms with Crippen LogP contribution in [0.1, 0.15) is 59.5 Å². The summed E-state index contributed by atoms with van der Waals surface area (Å²) in [5.74, 6) is 0. The summed E-state index contributed by atoms with van der Waals surface area (Å²) in [6, 6.07) is 65.2. The van der Waals surface area contributed by atoms with Crippen molar-refractivity contribution in [3.63, 3.8) is 0 Å². The minimum Gasteiger partial charge on any atom is -0.311 e. The van der Waals surface area contributed by atoms with Crippen LogP contribution in [0.2, 0.25) is 0 Å². The van der Waals surface area contributed by atoms with Gasteiger partial charge in [-0.2, -0.15) is 0 Å². The molecule has 0 saturated heterocycles. The first-order valence-corrected chi connectivity index (χ1v) is 25.1. The molecule has 0 aromatic heterocycles. The molecule has 0 bridgehead atoms. The Bertz CT molecular complexity index is 3590. The molecule has 9 aromatic carbocycles. The van der Waals surface area contributed by atoms with Crippen LogP contribution in [0.4, 0.5) is 34.1 Å². The monoisotopic (exact) mass is 869 g/mol. The predicted octanol–water partition coefficient (Wildman–Crippen LogP) is 11.4.